The Morgan fingerprint density at radius 2 is 1.80 bits per heavy atom. The van der Waals surface area contributed by atoms with Gasteiger partial charge in [0.05, 0.1) is 11.4 Å². The zero-order valence-electron chi connectivity index (χ0n) is 8.59. The summed E-state index contributed by atoms with van der Waals surface area (Å²) < 4.78 is 0. The van der Waals surface area contributed by atoms with Gasteiger partial charge in [0.25, 0.3) is 0 Å². The smallest absolute Gasteiger partial charge is 0.132 e. The van der Waals surface area contributed by atoms with Crippen LogP contribution in [0.3, 0.4) is 0 Å². The van der Waals surface area contributed by atoms with Crippen LogP contribution >= 0.6 is 0 Å². The first kappa shape index (κ1) is 9.52. The standard InChI is InChI=1S/C12H13N3/c1-15(12-8-4-5-9-14-12)11-7-3-2-6-10(11)13/h2-9H,13H2,1H3. The molecule has 2 N–H and O–H groups in total. The Bertz CT molecular complexity index is 440. The molecule has 0 amide bonds. The van der Waals surface area contributed by atoms with Crippen LogP contribution in [0.25, 0.3) is 0 Å². The van der Waals surface area contributed by atoms with E-state index >= 15 is 0 Å². The topological polar surface area (TPSA) is 42.2 Å². The molecular weight excluding hydrogens is 186 g/mol. The first-order valence-corrected chi connectivity index (χ1v) is 4.78. The number of hydrogen-bond acceptors (Lipinski definition) is 3. The summed E-state index contributed by atoms with van der Waals surface area (Å²) in [5.41, 5.74) is 7.61. The normalized spacial score (nSPS) is 9.93. The van der Waals surface area contributed by atoms with Gasteiger partial charge in [-0.3, -0.25) is 0 Å². The van der Waals surface area contributed by atoms with E-state index in [1.165, 1.54) is 0 Å². The maximum atomic E-state index is 5.89. The molecule has 0 aliphatic carbocycles. The second-order valence-electron chi connectivity index (χ2n) is 3.31. The number of nitrogens with two attached hydrogens (primary N) is 1. The maximum absolute atomic E-state index is 5.89. The zero-order chi connectivity index (χ0) is 10.7. The molecule has 1 aromatic heterocycles. The number of anilines is 3. The first-order chi connectivity index (χ1) is 7.29. The molecule has 1 aromatic carbocycles. The minimum Gasteiger partial charge on any atom is -0.397 e. The van der Waals surface area contributed by atoms with Crippen LogP contribution in [0.2, 0.25) is 0 Å². The molecule has 0 aliphatic heterocycles. The van der Waals surface area contributed by atoms with Gasteiger partial charge in [-0.05, 0) is 24.3 Å². The Hall–Kier alpha value is -2.03. The van der Waals surface area contributed by atoms with E-state index in [1.54, 1.807) is 6.20 Å². The van der Waals surface area contributed by atoms with Crippen molar-refractivity contribution in [2.24, 2.45) is 0 Å². The number of nitrogens with zero attached hydrogens (tertiary/aromatic N) is 2. The predicted molar refractivity (Wildman–Crippen MR) is 63.2 cm³/mol. The third kappa shape index (κ3) is 1.91. The number of rotatable bonds is 2. The Balaban J connectivity index is 2.37. The Morgan fingerprint density at radius 3 is 2.47 bits per heavy atom. The van der Waals surface area contributed by atoms with Gasteiger partial charge >= 0.3 is 0 Å². The zero-order valence-corrected chi connectivity index (χ0v) is 8.59. The second kappa shape index (κ2) is 4.00. The molecule has 0 fully saturated rings. The Kier molecular flexibility index (Phi) is 2.54. The number of hydrogen-bond donors (Lipinski definition) is 1. The van der Waals surface area contributed by atoms with E-state index in [9.17, 15) is 0 Å². The SMILES string of the molecule is CN(c1ccccn1)c1ccccc1N. The molecule has 0 aliphatic rings. The summed E-state index contributed by atoms with van der Waals surface area (Å²) in [4.78, 5) is 6.23. The van der Waals surface area contributed by atoms with Gasteiger partial charge in [-0.25, -0.2) is 4.98 Å². The van der Waals surface area contributed by atoms with Crippen LogP contribution in [0.4, 0.5) is 17.2 Å². The van der Waals surface area contributed by atoms with Crippen molar-refractivity contribution in [2.45, 2.75) is 0 Å². The van der Waals surface area contributed by atoms with Crippen LogP contribution in [-0.4, -0.2) is 12.0 Å². The predicted octanol–water partition coefficient (Wildman–Crippen LogP) is 2.43. The van der Waals surface area contributed by atoms with E-state index in [0.717, 1.165) is 17.2 Å². The van der Waals surface area contributed by atoms with E-state index in [-0.39, 0.29) is 0 Å². The van der Waals surface area contributed by atoms with Gasteiger partial charge in [0, 0.05) is 13.2 Å². The summed E-state index contributed by atoms with van der Waals surface area (Å²) in [6.45, 7) is 0. The molecule has 3 heteroatoms. The average molecular weight is 199 g/mol. The highest BCUT2D eigenvalue weighted by Gasteiger charge is 2.06. The number of para-hydroxylation sites is 2. The third-order valence-corrected chi connectivity index (χ3v) is 2.29. The van der Waals surface area contributed by atoms with E-state index in [4.69, 9.17) is 5.73 Å². The Labute approximate surface area is 89.2 Å². The molecule has 0 unspecified atom stereocenters. The second-order valence-corrected chi connectivity index (χ2v) is 3.31. The lowest BCUT2D eigenvalue weighted by molar-refractivity contribution is 1.13. The summed E-state index contributed by atoms with van der Waals surface area (Å²) in [6, 6.07) is 13.5. The lowest BCUT2D eigenvalue weighted by Crippen LogP contribution is -2.12. The molecule has 2 rings (SSSR count). The largest absolute Gasteiger partial charge is 0.397 e. The molecule has 0 spiro atoms. The summed E-state index contributed by atoms with van der Waals surface area (Å²) in [6.07, 6.45) is 1.77. The molecule has 0 saturated heterocycles. The Morgan fingerprint density at radius 1 is 1.07 bits per heavy atom. The van der Waals surface area contributed by atoms with Crippen molar-refractivity contribution < 1.29 is 0 Å². The van der Waals surface area contributed by atoms with Gasteiger partial charge in [-0.2, -0.15) is 0 Å². The van der Waals surface area contributed by atoms with Gasteiger partial charge in [0.1, 0.15) is 5.82 Å². The molecule has 76 valence electrons. The van der Waals surface area contributed by atoms with Crippen molar-refractivity contribution in [3.63, 3.8) is 0 Å². The molecular formula is C12H13N3. The highest BCUT2D eigenvalue weighted by molar-refractivity contribution is 5.72. The summed E-state index contributed by atoms with van der Waals surface area (Å²) in [5.74, 6) is 0.885. The van der Waals surface area contributed by atoms with Crippen LogP contribution in [0.15, 0.2) is 48.7 Å². The first-order valence-electron chi connectivity index (χ1n) is 4.78. The van der Waals surface area contributed by atoms with E-state index in [0.29, 0.717) is 0 Å². The highest BCUT2D eigenvalue weighted by Crippen LogP contribution is 2.26. The van der Waals surface area contributed by atoms with Crippen molar-refractivity contribution in [1.29, 1.82) is 0 Å². The molecule has 2 aromatic rings. The average Bonchev–Trinajstić information content (AvgIpc) is 2.30. The van der Waals surface area contributed by atoms with Gasteiger partial charge < -0.3 is 10.6 Å². The van der Waals surface area contributed by atoms with Crippen molar-refractivity contribution in [3.05, 3.63) is 48.7 Å². The van der Waals surface area contributed by atoms with Gasteiger partial charge in [0.15, 0.2) is 0 Å². The van der Waals surface area contributed by atoms with E-state index < -0.39 is 0 Å². The van der Waals surface area contributed by atoms with Gasteiger partial charge in [-0.1, -0.05) is 18.2 Å². The molecule has 1 heterocycles. The molecule has 0 atom stereocenters. The lowest BCUT2D eigenvalue weighted by atomic mass is 10.2. The van der Waals surface area contributed by atoms with Crippen molar-refractivity contribution in [3.8, 4) is 0 Å². The lowest BCUT2D eigenvalue weighted by Gasteiger charge is -2.19. The molecule has 0 saturated carbocycles. The minimum absolute atomic E-state index is 0.755. The molecule has 3 nitrogen and oxygen atoms in total. The number of benzene rings is 1. The number of nitrogen functional groups attached to an aromatic ring is 1. The van der Waals surface area contributed by atoms with Crippen LogP contribution in [0.1, 0.15) is 0 Å². The molecule has 0 bridgehead atoms. The molecule has 0 radical (unpaired) electrons. The summed E-state index contributed by atoms with van der Waals surface area (Å²) in [7, 11) is 1.95. The summed E-state index contributed by atoms with van der Waals surface area (Å²) in [5, 5.41) is 0. The minimum atomic E-state index is 0.755. The van der Waals surface area contributed by atoms with Crippen molar-refractivity contribution in [1.82, 2.24) is 4.98 Å². The van der Waals surface area contributed by atoms with E-state index in [2.05, 4.69) is 4.98 Å². The van der Waals surface area contributed by atoms with Crippen LogP contribution in [-0.2, 0) is 0 Å². The van der Waals surface area contributed by atoms with Crippen LogP contribution in [0.5, 0.6) is 0 Å². The maximum Gasteiger partial charge on any atom is 0.132 e. The fourth-order valence-electron chi connectivity index (χ4n) is 1.47. The van der Waals surface area contributed by atoms with Gasteiger partial charge in [0.2, 0.25) is 0 Å². The van der Waals surface area contributed by atoms with E-state index in [1.807, 2.05) is 54.4 Å². The van der Waals surface area contributed by atoms with Gasteiger partial charge in [-0.15, -0.1) is 0 Å². The van der Waals surface area contributed by atoms with Crippen LogP contribution in [0, 0.1) is 0 Å². The quantitative estimate of drug-likeness (QED) is 0.755. The fraction of sp³-hybridized carbons (Fsp3) is 0.0833. The third-order valence-electron chi connectivity index (χ3n) is 2.29. The van der Waals surface area contributed by atoms with Crippen molar-refractivity contribution >= 4 is 17.2 Å². The highest BCUT2D eigenvalue weighted by atomic mass is 15.2. The summed E-state index contributed by atoms with van der Waals surface area (Å²) >= 11 is 0. The number of pyridine rings is 1. The fourth-order valence-corrected chi connectivity index (χ4v) is 1.47. The van der Waals surface area contributed by atoms with Crippen molar-refractivity contribution in [2.75, 3.05) is 17.7 Å². The monoisotopic (exact) mass is 199 g/mol. The number of aromatic nitrogens is 1. The molecule has 15 heavy (non-hydrogen) atoms. The van der Waals surface area contributed by atoms with Crippen LogP contribution < -0.4 is 10.6 Å².